The Morgan fingerprint density at radius 2 is 2.12 bits per heavy atom. The van der Waals surface area contributed by atoms with Gasteiger partial charge in [0, 0.05) is 37.7 Å². The van der Waals surface area contributed by atoms with Gasteiger partial charge in [-0.1, -0.05) is 0 Å². The zero-order valence-electron chi connectivity index (χ0n) is 15.3. The van der Waals surface area contributed by atoms with E-state index in [2.05, 4.69) is 10.4 Å². The topological polar surface area (TPSA) is 74.6 Å². The lowest BCUT2D eigenvalue weighted by molar-refractivity contribution is 0.0852. The molecule has 0 radical (unpaired) electrons. The Hall–Kier alpha value is -2.54. The summed E-state index contributed by atoms with van der Waals surface area (Å²) in [5, 5.41) is 7.43. The monoisotopic (exact) mass is 357 g/mol. The molecule has 1 saturated heterocycles. The van der Waals surface area contributed by atoms with Gasteiger partial charge in [0.1, 0.15) is 0 Å². The first-order chi connectivity index (χ1) is 12.6. The molecule has 0 spiro atoms. The third-order valence-electron chi connectivity index (χ3n) is 5.11. The molecule has 26 heavy (non-hydrogen) atoms. The zero-order valence-corrected chi connectivity index (χ0v) is 15.3. The van der Waals surface area contributed by atoms with Crippen molar-refractivity contribution in [3.05, 3.63) is 29.0 Å². The van der Waals surface area contributed by atoms with Crippen LogP contribution in [0.25, 0.3) is 11.3 Å². The van der Waals surface area contributed by atoms with Crippen LogP contribution in [-0.2, 0) is 18.2 Å². The van der Waals surface area contributed by atoms with Crippen LogP contribution < -0.4 is 14.8 Å². The van der Waals surface area contributed by atoms with Crippen molar-refractivity contribution in [2.75, 3.05) is 27.4 Å². The molecule has 1 amide bonds. The van der Waals surface area contributed by atoms with Crippen LogP contribution in [0.15, 0.2) is 12.1 Å². The molecule has 1 aliphatic carbocycles. The molecule has 2 heterocycles. The van der Waals surface area contributed by atoms with Crippen molar-refractivity contribution in [2.45, 2.75) is 25.4 Å². The van der Waals surface area contributed by atoms with E-state index in [1.165, 1.54) is 0 Å². The molecule has 2 aromatic rings. The molecule has 0 saturated carbocycles. The number of rotatable bonds is 5. The zero-order chi connectivity index (χ0) is 18.3. The minimum Gasteiger partial charge on any atom is -0.493 e. The number of carbonyl (C=O) groups is 1. The lowest BCUT2D eigenvalue weighted by Gasteiger charge is -2.11. The molecule has 4 rings (SSSR count). The van der Waals surface area contributed by atoms with Crippen molar-refractivity contribution in [3.8, 4) is 22.8 Å². The van der Waals surface area contributed by atoms with Crippen molar-refractivity contribution in [3.63, 3.8) is 0 Å². The molecule has 1 unspecified atom stereocenters. The molecule has 2 aliphatic rings. The summed E-state index contributed by atoms with van der Waals surface area (Å²) in [6.45, 7) is 1.30. The number of hydrogen-bond acceptors (Lipinski definition) is 5. The fourth-order valence-corrected chi connectivity index (χ4v) is 3.83. The highest BCUT2D eigenvalue weighted by Gasteiger charge is 2.31. The van der Waals surface area contributed by atoms with Gasteiger partial charge >= 0.3 is 0 Å². The SMILES string of the molecule is COc1cc2c(cc1OC)-c1c(c(C(=O)NCC3CCCO3)nn1C)C2. The van der Waals surface area contributed by atoms with Gasteiger partial charge in [0.05, 0.1) is 26.0 Å². The summed E-state index contributed by atoms with van der Waals surface area (Å²) in [4.78, 5) is 12.7. The van der Waals surface area contributed by atoms with Crippen LogP contribution in [0.5, 0.6) is 11.5 Å². The second-order valence-corrected chi connectivity index (χ2v) is 6.69. The quantitative estimate of drug-likeness (QED) is 0.755. The fourth-order valence-electron chi connectivity index (χ4n) is 3.83. The van der Waals surface area contributed by atoms with Crippen LogP contribution in [0.1, 0.15) is 34.5 Å². The number of aryl methyl sites for hydroxylation is 1. The number of ether oxygens (including phenoxy) is 3. The molecule has 1 fully saturated rings. The average Bonchev–Trinajstić information content (AvgIpc) is 3.35. The van der Waals surface area contributed by atoms with Crippen LogP contribution in [-0.4, -0.2) is 49.2 Å². The molecule has 138 valence electrons. The summed E-state index contributed by atoms with van der Waals surface area (Å²) in [5.41, 5.74) is 4.53. The van der Waals surface area contributed by atoms with E-state index in [4.69, 9.17) is 14.2 Å². The van der Waals surface area contributed by atoms with Crippen LogP contribution in [0, 0.1) is 0 Å². The largest absolute Gasteiger partial charge is 0.493 e. The molecular weight excluding hydrogens is 334 g/mol. The van der Waals surface area contributed by atoms with Crippen LogP contribution in [0.3, 0.4) is 0 Å². The molecule has 7 heteroatoms. The van der Waals surface area contributed by atoms with E-state index in [-0.39, 0.29) is 12.0 Å². The predicted molar refractivity (Wildman–Crippen MR) is 95.9 cm³/mol. The van der Waals surface area contributed by atoms with Gasteiger partial charge in [0.15, 0.2) is 17.2 Å². The molecule has 0 bridgehead atoms. The minimum absolute atomic E-state index is 0.112. The van der Waals surface area contributed by atoms with Gasteiger partial charge in [0.2, 0.25) is 0 Å². The van der Waals surface area contributed by atoms with E-state index >= 15 is 0 Å². The Morgan fingerprint density at radius 3 is 2.81 bits per heavy atom. The lowest BCUT2D eigenvalue weighted by atomic mass is 10.1. The van der Waals surface area contributed by atoms with E-state index in [1.54, 1.807) is 18.9 Å². The fraction of sp³-hybridized carbons (Fsp3) is 0.474. The first-order valence-electron chi connectivity index (χ1n) is 8.83. The number of benzene rings is 1. The van der Waals surface area contributed by atoms with Gasteiger partial charge in [-0.15, -0.1) is 0 Å². The Kier molecular flexibility index (Phi) is 4.32. The maximum Gasteiger partial charge on any atom is 0.272 e. The maximum atomic E-state index is 12.7. The highest BCUT2D eigenvalue weighted by Crippen LogP contribution is 2.43. The molecule has 1 aromatic carbocycles. The van der Waals surface area contributed by atoms with Crippen molar-refractivity contribution >= 4 is 5.91 Å². The Morgan fingerprint density at radius 1 is 1.35 bits per heavy atom. The number of nitrogens with zero attached hydrogens (tertiary/aromatic N) is 2. The molecular formula is C19H23N3O4. The Balaban J connectivity index is 1.62. The van der Waals surface area contributed by atoms with Gasteiger partial charge in [-0.3, -0.25) is 9.48 Å². The summed E-state index contributed by atoms with van der Waals surface area (Å²) in [5.74, 6) is 1.21. The standard InChI is InChI=1S/C19H23N3O4/c1-22-18-13-9-16(25-3)15(24-2)8-11(13)7-14(18)17(21-22)19(23)20-10-12-5-4-6-26-12/h8-9,12H,4-7,10H2,1-3H3,(H,20,23). The Bertz CT molecular complexity index is 853. The van der Waals surface area contributed by atoms with Crippen molar-refractivity contribution < 1.29 is 19.0 Å². The number of carbonyl (C=O) groups excluding carboxylic acids is 1. The third kappa shape index (κ3) is 2.72. The average molecular weight is 357 g/mol. The van der Waals surface area contributed by atoms with Crippen LogP contribution >= 0.6 is 0 Å². The second kappa shape index (κ2) is 6.64. The maximum absolute atomic E-state index is 12.7. The first kappa shape index (κ1) is 16.9. The summed E-state index contributed by atoms with van der Waals surface area (Å²) in [6, 6.07) is 3.93. The summed E-state index contributed by atoms with van der Waals surface area (Å²) in [6.07, 6.45) is 2.81. The Labute approximate surface area is 152 Å². The lowest BCUT2D eigenvalue weighted by Crippen LogP contribution is -2.32. The number of fused-ring (bicyclic) bond motifs is 3. The third-order valence-corrected chi connectivity index (χ3v) is 5.11. The molecule has 7 nitrogen and oxygen atoms in total. The predicted octanol–water partition coefficient (Wildman–Crippen LogP) is 1.92. The molecule has 1 atom stereocenters. The highest BCUT2D eigenvalue weighted by atomic mass is 16.5. The number of nitrogens with one attached hydrogen (secondary N) is 1. The van der Waals surface area contributed by atoms with E-state index in [9.17, 15) is 4.79 Å². The van der Waals surface area contributed by atoms with Gasteiger partial charge in [0.25, 0.3) is 5.91 Å². The smallest absolute Gasteiger partial charge is 0.272 e. The molecule has 1 aromatic heterocycles. The van der Waals surface area contributed by atoms with E-state index < -0.39 is 0 Å². The summed E-state index contributed by atoms with van der Waals surface area (Å²) < 4.78 is 18.2. The van der Waals surface area contributed by atoms with Crippen molar-refractivity contribution in [1.29, 1.82) is 0 Å². The van der Waals surface area contributed by atoms with Gasteiger partial charge in [-0.2, -0.15) is 5.10 Å². The highest BCUT2D eigenvalue weighted by molar-refractivity contribution is 5.97. The number of amides is 1. The number of hydrogen-bond donors (Lipinski definition) is 1. The molecule has 1 N–H and O–H groups in total. The van der Waals surface area contributed by atoms with E-state index in [1.807, 2.05) is 19.2 Å². The van der Waals surface area contributed by atoms with Gasteiger partial charge in [-0.05, 0) is 30.5 Å². The first-order valence-corrected chi connectivity index (χ1v) is 8.83. The van der Waals surface area contributed by atoms with E-state index in [0.29, 0.717) is 30.2 Å². The minimum atomic E-state index is -0.149. The van der Waals surface area contributed by atoms with E-state index in [0.717, 1.165) is 41.8 Å². The van der Waals surface area contributed by atoms with Crippen molar-refractivity contribution in [1.82, 2.24) is 15.1 Å². The van der Waals surface area contributed by atoms with Crippen LogP contribution in [0.2, 0.25) is 0 Å². The van der Waals surface area contributed by atoms with Gasteiger partial charge in [-0.25, -0.2) is 0 Å². The summed E-state index contributed by atoms with van der Waals surface area (Å²) >= 11 is 0. The second-order valence-electron chi connectivity index (χ2n) is 6.69. The van der Waals surface area contributed by atoms with Crippen molar-refractivity contribution in [2.24, 2.45) is 7.05 Å². The van der Waals surface area contributed by atoms with Gasteiger partial charge < -0.3 is 19.5 Å². The normalized spacial score (nSPS) is 17.7. The number of methoxy groups -OCH3 is 2. The number of aromatic nitrogens is 2. The summed E-state index contributed by atoms with van der Waals surface area (Å²) in [7, 11) is 5.10. The molecule has 1 aliphatic heterocycles. The van der Waals surface area contributed by atoms with Crippen LogP contribution in [0.4, 0.5) is 0 Å².